The molecule has 0 spiro atoms. The van der Waals surface area contributed by atoms with Crippen molar-refractivity contribution in [1.82, 2.24) is 25.6 Å². The van der Waals surface area contributed by atoms with E-state index >= 15 is 0 Å². The molecule has 44 heavy (non-hydrogen) atoms. The molecule has 0 fully saturated rings. The maximum Gasteiger partial charge on any atom is 0.326 e. The Kier molecular flexibility index (Phi) is 14.2. The summed E-state index contributed by atoms with van der Waals surface area (Å²) < 4.78 is -0.665. The number of aryl methyl sites for hydroxylation is 2. The number of benzene rings is 1. The maximum absolute atomic E-state index is 12.3. The Hall–Kier alpha value is -4.77. The molecule has 0 saturated carbocycles. The van der Waals surface area contributed by atoms with E-state index in [4.69, 9.17) is 21.7 Å². The molecule has 0 bridgehead atoms. The van der Waals surface area contributed by atoms with Crippen molar-refractivity contribution in [3.8, 4) is 0 Å². The molecule has 12 N–H and O–H groups in total. The molecule has 0 aliphatic rings. The quantitative estimate of drug-likeness (QED) is 0.125. The number of carboxylic acids is 2. The van der Waals surface area contributed by atoms with Crippen LogP contribution in [0.25, 0.3) is 11.0 Å². The number of carbonyl (C=O) groups is 5. The second kappa shape index (κ2) is 16.8. The van der Waals surface area contributed by atoms with Gasteiger partial charge in [-0.25, -0.2) is 9.59 Å². The van der Waals surface area contributed by atoms with Gasteiger partial charge in [0.1, 0.15) is 16.0 Å². The summed E-state index contributed by atoms with van der Waals surface area (Å²) in [5, 5.41) is 22.7. The van der Waals surface area contributed by atoms with Crippen molar-refractivity contribution in [1.29, 1.82) is 0 Å². The van der Waals surface area contributed by atoms with Crippen LogP contribution < -0.4 is 27.7 Å². The molecule has 0 unspecified atom stereocenters. The summed E-state index contributed by atoms with van der Waals surface area (Å²) in [5.41, 5.74) is 12.4. The Morgan fingerprint density at radius 3 is 2.20 bits per heavy atom. The predicted octanol–water partition coefficient (Wildman–Crippen LogP) is 0.977. The summed E-state index contributed by atoms with van der Waals surface area (Å²) in [4.78, 5) is 77.3. The first-order valence-electron chi connectivity index (χ1n) is 13.2. The van der Waals surface area contributed by atoms with Crippen LogP contribution in [0.2, 0.25) is 0 Å². The first-order chi connectivity index (χ1) is 20.2. The third-order valence-corrected chi connectivity index (χ3v) is 8.05. The average molecular weight is 683 g/mol. The number of amides is 4. The van der Waals surface area contributed by atoms with Gasteiger partial charge in [0.2, 0.25) is 11.9 Å². The summed E-state index contributed by atoms with van der Waals surface area (Å²) in [7, 11) is 0. The lowest BCUT2D eigenvalue weighted by Crippen LogP contribution is -2.46. The highest BCUT2D eigenvalue weighted by Gasteiger charge is 2.32. The van der Waals surface area contributed by atoms with Crippen LogP contribution in [-0.2, 0) is 27.2 Å². The molecule has 0 aliphatic carbocycles. The number of fused-ring (bicyclic) bond motifs is 1. The number of halogens is 1. The first kappa shape index (κ1) is 37.3. The van der Waals surface area contributed by atoms with Crippen molar-refractivity contribution in [2.75, 3.05) is 5.73 Å². The van der Waals surface area contributed by atoms with Gasteiger partial charge in [-0.3, -0.25) is 24.5 Å². The highest BCUT2D eigenvalue weighted by atomic mass is 79.9. The van der Waals surface area contributed by atoms with Crippen LogP contribution in [0.1, 0.15) is 61.0 Å². The molecule has 3 rings (SSSR count). The second-order valence-electron chi connectivity index (χ2n) is 9.48. The molecular weight excluding hydrogens is 646 g/mol. The molecule has 1 atom stereocenters. The third-order valence-electron chi connectivity index (χ3n) is 6.56. The lowest BCUT2D eigenvalue weighted by molar-refractivity contribution is -0.140. The van der Waals surface area contributed by atoms with E-state index in [-0.39, 0.29) is 35.7 Å². The Morgan fingerprint density at radius 2 is 1.68 bits per heavy atom. The zero-order valence-corrected chi connectivity index (χ0v) is 25.6. The highest BCUT2D eigenvalue weighted by Crippen LogP contribution is 2.26. The largest absolute Gasteiger partial charge is 0.481 e. The minimum atomic E-state index is -1.30. The summed E-state index contributed by atoms with van der Waals surface area (Å²) >= 11 is 3.26. The summed E-state index contributed by atoms with van der Waals surface area (Å²) in [5.74, 6) is -3.37. The number of nitrogens with one attached hydrogen (secondary N) is 4. The second-order valence-corrected chi connectivity index (χ2v) is 11.0. The third kappa shape index (κ3) is 10.5. The number of nitrogen functional groups attached to an aromatic ring is 1. The van der Waals surface area contributed by atoms with E-state index in [1.54, 1.807) is 30.5 Å². The van der Waals surface area contributed by atoms with Gasteiger partial charge in [0.15, 0.2) is 0 Å². The van der Waals surface area contributed by atoms with E-state index < -0.39 is 39.8 Å². The average Bonchev–Trinajstić information content (AvgIpc) is 3.36. The Labute approximate surface area is 259 Å². The number of aromatic amines is 2. The monoisotopic (exact) mass is 681 g/mol. The number of alkyl halides is 1. The molecule has 4 amide bonds. The van der Waals surface area contributed by atoms with Gasteiger partial charge >= 0.3 is 18.0 Å². The van der Waals surface area contributed by atoms with Crippen LogP contribution in [0.3, 0.4) is 0 Å². The Bertz CT molecular complexity index is 1530. The lowest BCUT2D eigenvalue weighted by Gasteiger charge is -2.21. The van der Waals surface area contributed by atoms with Crippen LogP contribution in [0.4, 0.5) is 10.7 Å². The van der Waals surface area contributed by atoms with E-state index in [1.165, 1.54) is 0 Å². The van der Waals surface area contributed by atoms with Crippen LogP contribution in [0.5, 0.6) is 0 Å². The number of urea groups is 1. The van der Waals surface area contributed by atoms with E-state index in [2.05, 4.69) is 36.2 Å². The van der Waals surface area contributed by atoms with Crippen LogP contribution >= 0.6 is 15.9 Å². The molecule has 0 saturated heterocycles. The molecule has 17 heteroatoms. The molecule has 1 aromatic carbocycles. The number of anilines is 1. The predicted molar refractivity (Wildman–Crippen MR) is 164 cm³/mol. The number of primary amides is 1. The standard InChI is InChI=1S/C20H21N5O6.C7H13BrN2O2.H2O/c21-20-24-16-15(18(29)25-20)12(9-22-16)6-3-10-1-4-11(5-2-10)17(28)23-13(19(30)31)7-8-14(26)27;1-3-7(8,4-2)5(11)10-6(9)12;/h1-2,4-5,9,13H,3,6-8H2,(H,23,28)(H,26,27)(H,30,31)(H4,21,22,24,25,29);3-4H2,1-2H3,(H3,9,10,11,12);1H2/t13-;;/m0../s1. The lowest BCUT2D eigenvalue weighted by atomic mass is 10.0. The van der Waals surface area contributed by atoms with Crippen LogP contribution in [0.15, 0.2) is 35.3 Å². The number of nitrogens with two attached hydrogens (primary N) is 2. The van der Waals surface area contributed by atoms with E-state index in [1.807, 2.05) is 19.2 Å². The van der Waals surface area contributed by atoms with Gasteiger partial charge in [-0.1, -0.05) is 41.9 Å². The highest BCUT2D eigenvalue weighted by molar-refractivity contribution is 9.10. The van der Waals surface area contributed by atoms with Gasteiger partial charge in [0.25, 0.3) is 11.5 Å². The summed E-state index contributed by atoms with van der Waals surface area (Å²) in [6, 6.07) is 4.49. The molecule has 0 radical (unpaired) electrons. The van der Waals surface area contributed by atoms with Gasteiger partial charge in [-0.2, -0.15) is 4.98 Å². The number of imide groups is 1. The molecule has 2 heterocycles. The summed E-state index contributed by atoms with van der Waals surface area (Å²) in [6.45, 7) is 3.72. The number of aliphatic carboxylic acids is 2. The normalized spacial score (nSPS) is 11.3. The first-order valence-corrected chi connectivity index (χ1v) is 14.0. The van der Waals surface area contributed by atoms with Gasteiger partial charge < -0.3 is 42.4 Å². The number of rotatable bonds is 12. The van der Waals surface area contributed by atoms with Gasteiger partial charge in [0, 0.05) is 18.2 Å². The summed E-state index contributed by atoms with van der Waals surface area (Å²) in [6.07, 6.45) is 3.51. The van der Waals surface area contributed by atoms with E-state index in [0.717, 1.165) is 11.1 Å². The fraction of sp³-hybridized carbons (Fsp3) is 0.370. The molecule has 240 valence electrons. The minimum absolute atomic E-state index is 0. The molecule has 16 nitrogen and oxygen atoms in total. The van der Waals surface area contributed by atoms with Crippen molar-refractivity contribution in [2.24, 2.45) is 5.73 Å². The zero-order valence-electron chi connectivity index (χ0n) is 24.0. The van der Waals surface area contributed by atoms with Crippen molar-refractivity contribution >= 4 is 62.7 Å². The zero-order chi connectivity index (χ0) is 32.3. The number of hydrogen-bond donors (Lipinski definition) is 8. The van der Waals surface area contributed by atoms with Gasteiger partial charge in [-0.05, 0) is 55.4 Å². The number of carbonyl (C=O) groups excluding carboxylic acids is 3. The van der Waals surface area contributed by atoms with E-state index in [9.17, 15) is 28.8 Å². The Morgan fingerprint density at radius 1 is 1.07 bits per heavy atom. The molecule has 0 aliphatic heterocycles. The van der Waals surface area contributed by atoms with Crippen molar-refractivity contribution in [2.45, 2.75) is 62.7 Å². The van der Waals surface area contributed by atoms with Crippen LogP contribution in [-0.4, -0.2) is 70.8 Å². The minimum Gasteiger partial charge on any atom is -0.481 e. The maximum atomic E-state index is 12.3. The Balaban J connectivity index is 0.000000634. The number of hydrogen-bond acceptors (Lipinski definition) is 8. The number of nitrogens with zero attached hydrogens (tertiary/aromatic N) is 1. The van der Waals surface area contributed by atoms with Crippen LogP contribution in [0, 0.1) is 0 Å². The topological polar surface area (TPSA) is 295 Å². The molecule has 3 aromatic rings. The number of carboxylic acid groups (broad SMARTS) is 2. The van der Waals surface area contributed by atoms with E-state index in [0.29, 0.717) is 36.7 Å². The number of aromatic nitrogens is 3. The SMILES string of the molecule is CCC(Br)(CC)C(=O)NC(N)=O.Nc1nc(=O)c2c(CCc3ccc(C(=O)N[C@@H](CCC(=O)O)C(=O)O)cc3)c[nH]c2[nH]1.O. The number of H-pyrrole nitrogens is 2. The fourth-order valence-electron chi connectivity index (χ4n) is 3.99. The van der Waals surface area contributed by atoms with Crippen molar-refractivity contribution < 1.29 is 39.7 Å². The fourth-order valence-corrected chi connectivity index (χ4v) is 4.09. The van der Waals surface area contributed by atoms with Gasteiger partial charge in [-0.15, -0.1) is 0 Å². The van der Waals surface area contributed by atoms with Crippen molar-refractivity contribution in [3.05, 3.63) is 57.5 Å². The smallest absolute Gasteiger partial charge is 0.326 e. The molecule has 2 aromatic heterocycles. The van der Waals surface area contributed by atoms with Crippen molar-refractivity contribution in [3.63, 3.8) is 0 Å². The molecular formula is C27H36BrN7O9. The van der Waals surface area contributed by atoms with Gasteiger partial charge in [0.05, 0.1) is 5.39 Å².